The topological polar surface area (TPSA) is 124 Å². The number of rotatable bonds is 7. The molecule has 0 aliphatic heterocycles. The molecule has 8 nitrogen and oxygen atoms in total. The first-order chi connectivity index (χ1) is 16.1. The molecule has 0 N–H and O–H groups in total. The number of hydrogen-bond acceptors (Lipinski definition) is 4. The number of hydrogen-bond donors (Lipinski definition) is 0. The first-order valence-electron chi connectivity index (χ1n) is 10.2. The van der Waals surface area contributed by atoms with Crippen molar-refractivity contribution in [3.05, 3.63) is 116 Å². The molecule has 8 heteroatoms. The number of ketones is 1. The summed E-state index contributed by atoms with van der Waals surface area (Å²) in [5.41, 5.74) is 21.3. The minimum absolute atomic E-state index is 0.00927. The summed E-state index contributed by atoms with van der Waals surface area (Å²) in [4.78, 5) is 18.5. The van der Waals surface area contributed by atoms with E-state index in [0.29, 0.717) is 35.4 Å². The molecule has 0 aromatic heterocycles. The third kappa shape index (κ3) is 6.82. The zero-order valence-electron chi connectivity index (χ0n) is 18.1. The SMILES string of the molecule is COC1C/C(=C\C=C\c2ccc(N=[N+]=[N-])cc2)C(=O)/C(=C/C=C/c2ccc(N=[N+]=[N-])cc2)C1. The van der Waals surface area contributed by atoms with E-state index in [1.165, 1.54) is 0 Å². The second kappa shape index (κ2) is 11.9. The van der Waals surface area contributed by atoms with Crippen LogP contribution >= 0.6 is 0 Å². The quantitative estimate of drug-likeness (QED) is 0.192. The van der Waals surface area contributed by atoms with Gasteiger partial charge in [-0.1, -0.05) is 95.2 Å². The van der Waals surface area contributed by atoms with Crippen LogP contribution in [0.4, 0.5) is 11.4 Å². The predicted octanol–water partition coefficient (Wildman–Crippen LogP) is 7.53. The van der Waals surface area contributed by atoms with E-state index in [1.54, 1.807) is 31.4 Å². The zero-order valence-corrected chi connectivity index (χ0v) is 18.1. The third-order valence-electron chi connectivity index (χ3n) is 5.09. The lowest BCUT2D eigenvalue weighted by atomic mass is 9.86. The fraction of sp³-hybridized carbons (Fsp3) is 0.160. The average molecular weight is 438 g/mol. The fourth-order valence-corrected chi connectivity index (χ4v) is 3.37. The highest BCUT2D eigenvalue weighted by molar-refractivity contribution is 6.09. The van der Waals surface area contributed by atoms with Crippen LogP contribution < -0.4 is 0 Å². The Morgan fingerprint density at radius 2 is 1.24 bits per heavy atom. The largest absolute Gasteiger partial charge is 0.381 e. The Balaban J connectivity index is 1.73. The number of Topliss-reactive ketones (excluding diaryl/α,β-unsaturated/α-hetero) is 1. The molecule has 1 fully saturated rings. The highest BCUT2D eigenvalue weighted by Crippen LogP contribution is 2.27. The molecule has 33 heavy (non-hydrogen) atoms. The van der Waals surface area contributed by atoms with Gasteiger partial charge in [-0.25, -0.2) is 0 Å². The number of ether oxygens (including phenoxy) is 1. The van der Waals surface area contributed by atoms with E-state index >= 15 is 0 Å². The summed E-state index contributed by atoms with van der Waals surface area (Å²) in [5.74, 6) is 0.00927. The number of carbonyl (C=O) groups is 1. The summed E-state index contributed by atoms with van der Waals surface area (Å²) in [6.45, 7) is 0. The van der Waals surface area contributed by atoms with E-state index in [9.17, 15) is 4.79 Å². The first-order valence-corrected chi connectivity index (χ1v) is 10.2. The van der Waals surface area contributed by atoms with Gasteiger partial charge >= 0.3 is 0 Å². The Kier molecular flexibility index (Phi) is 8.40. The molecule has 0 heterocycles. The standard InChI is InChI=1S/C25H22N6O2/c1-33-24-16-20(6-2-4-18-8-12-22(13-9-18)28-30-26)25(32)21(17-24)7-3-5-19-10-14-23(15-11-19)29-31-27/h2-15,24H,16-17H2,1H3/b4-2+,5-3+,20-6+,21-7+. The van der Waals surface area contributed by atoms with Gasteiger partial charge in [0.25, 0.3) is 0 Å². The lowest BCUT2D eigenvalue weighted by Gasteiger charge is -2.24. The van der Waals surface area contributed by atoms with Gasteiger partial charge in [0, 0.05) is 52.3 Å². The van der Waals surface area contributed by atoms with E-state index in [2.05, 4.69) is 20.1 Å². The summed E-state index contributed by atoms with van der Waals surface area (Å²) in [5, 5.41) is 7.10. The van der Waals surface area contributed by atoms with Gasteiger partial charge in [-0.3, -0.25) is 4.79 Å². The zero-order chi connectivity index (χ0) is 23.5. The number of carbonyl (C=O) groups excluding carboxylic acids is 1. The van der Waals surface area contributed by atoms with Crippen LogP contribution in [0.5, 0.6) is 0 Å². The van der Waals surface area contributed by atoms with E-state index in [-0.39, 0.29) is 11.9 Å². The van der Waals surface area contributed by atoms with Crippen molar-refractivity contribution in [2.75, 3.05) is 7.11 Å². The maximum atomic E-state index is 13.0. The van der Waals surface area contributed by atoms with Gasteiger partial charge in [0.2, 0.25) is 0 Å². The number of nitrogens with zero attached hydrogens (tertiary/aromatic N) is 6. The molecule has 0 amide bonds. The molecule has 1 aliphatic rings. The number of benzene rings is 2. The van der Waals surface area contributed by atoms with Gasteiger partial charge in [0.15, 0.2) is 5.78 Å². The highest BCUT2D eigenvalue weighted by Gasteiger charge is 2.26. The van der Waals surface area contributed by atoms with Crippen LogP contribution in [0.25, 0.3) is 33.0 Å². The van der Waals surface area contributed by atoms with Crippen LogP contribution in [0.3, 0.4) is 0 Å². The lowest BCUT2D eigenvalue weighted by molar-refractivity contribution is -0.114. The number of azide groups is 2. The summed E-state index contributed by atoms with van der Waals surface area (Å²) in [6, 6.07) is 14.3. The molecule has 0 bridgehead atoms. The van der Waals surface area contributed by atoms with E-state index in [1.807, 2.05) is 60.7 Å². The minimum atomic E-state index is -0.0618. The number of allylic oxidation sites excluding steroid dienone is 4. The first kappa shape index (κ1) is 23.3. The van der Waals surface area contributed by atoms with Crippen LogP contribution in [0.1, 0.15) is 24.0 Å². The van der Waals surface area contributed by atoms with Crippen molar-refractivity contribution in [1.29, 1.82) is 0 Å². The highest BCUT2D eigenvalue weighted by atomic mass is 16.5. The fourth-order valence-electron chi connectivity index (χ4n) is 3.37. The summed E-state index contributed by atoms with van der Waals surface area (Å²) in [6.07, 6.45) is 12.1. The molecule has 1 aliphatic carbocycles. The molecule has 2 aromatic rings. The number of methoxy groups -OCH3 is 1. The molecule has 164 valence electrons. The smallest absolute Gasteiger partial charge is 0.185 e. The van der Waals surface area contributed by atoms with E-state index in [4.69, 9.17) is 15.8 Å². The van der Waals surface area contributed by atoms with Crippen molar-refractivity contribution >= 4 is 29.3 Å². The van der Waals surface area contributed by atoms with Crippen molar-refractivity contribution in [3.63, 3.8) is 0 Å². The lowest BCUT2D eigenvalue weighted by Crippen LogP contribution is -2.25. The monoisotopic (exact) mass is 438 g/mol. The Hall–Kier alpha value is -4.35. The van der Waals surface area contributed by atoms with Gasteiger partial charge in [0.05, 0.1) is 6.10 Å². The van der Waals surface area contributed by atoms with Crippen molar-refractivity contribution in [2.45, 2.75) is 18.9 Å². The molecule has 0 radical (unpaired) electrons. The van der Waals surface area contributed by atoms with Crippen LogP contribution in [-0.4, -0.2) is 19.0 Å². The van der Waals surface area contributed by atoms with E-state index < -0.39 is 0 Å². The maximum Gasteiger partial charge on any atom is 0.185 e. The average Bonchev–Trinajstić information content (AvgIpc) is 2.83. The molecule has 0 spiro atoms. The van der Waals surface area contributed by atoms with Crippen LogP contribution in [0.2, 0.25) is 0 Å². The second-order valence-electron chi connectivity index (χ2n) is 7.26. The molecule has 0 unspecified atom stereocenters. The molecule has 0 saturated heterocycles. The van der Waals surface area contributed by atoms with Crippen LogP contribution in [0, 0.1) is 0 Å². The second-order valence-corrected chi connectivity index (χ2v) is 7.26. The van der Waals surface area contributed by atoms with Crippen LogP contribution in [-0.2, 0) is 9.53 Å². The Bertz CT molecular complexity index is 1120. The van der Waals surface area contributed by atoms with Crippen molar-refractivity contribution in [1.82, 2.24) is 0 Å². The summed E-state index contributed by atoms with van der Waals surface area (Å²) < 4.78 is 5.54. The van der Waals surface area contributed by atoms with Crippen molar-refractivity contribution < 1.29 is 9.53 Å². The molecule has 1 saturated carbocycles. The third-order valence-corrected chi connectivity index (χ3v) is 5.09. The Morgan fingerprint density at radius 1 is 0.818 bits per heavy atom. The van der Waals surface area contributed by atoms with Gasteiger partial charge in [-0.05, 0) is 22.2 Å². The molecule has 0 atom stereocenters. The van der Waals surface area contributed by atoms with Gasteiger partial charge < -0.3 is 4.74 Å². The minimum Gasteiger partial charge on any atom is -0.381 e. The van der Waals surface area contributed by atoms with Gasteiger partial charge in [0.1, 0.15) is 0 Å². The normalized spacial score (nSPS) is 18.6. The Labute approximate surface area is 191 Å². The molecular formula is C25H22N6O2. The van der Waals surface area contributed by atoms with Crippen molar-refractivity contribution in [2.24, 2.45) is 10.2 Å². The molecule has 2 aromatic carbocycles. The van der Waals surface area contributed by atoms with E-state index in [0.717, 1.165) is 11.1 Å². The van der Waals surface area contributed by atoms with Crippen LogP contribution in [0.15, 0.2) is 94.2 Å². The summed E-state index contributed by atoms with van der Waals surface area (Å²) >= 11 is 0. The van der Waals surface area contributed by atoms with Crippen molar-refractivity contribution in [3.8, 4) is 0 Å². The van der Waals surface area contributed by atoms with Gasteiger partial charge in [-0.15, -0.1) is 0 Å². The predicted molar refractivity (Wildman–Crippen MR) is 130 cm³/mol. The summed E-state index contributed by atoms with van der Waals surface area (Å²) in [7, 11) is 1.65. The Morgan fingerprint density at radius 3 is 1.61 bits per heavy atom. The van der Waals surface area contributed by atoms with Gasteiger partial charge in [-0.2, -0.15) is 0 Å². The molecule has 3 rings (SSSR count). The maximum absolute atomic E-state index is 13.0. The molecular weight excluding hydrogens is 416 g/mol.